The van der Waals surface area contributed by atoms with Gasteiger partial charge in [0, 0.05) is 37.0 Å². The van der Waals surface area contributed by atoms with Crippen molar-refractivity contribution in [3.63, 3.8) is 0 Å². The number of rotatable bonds is 2. The number of nitrogen functional groups attached to an aromatic ring is 1. The zero-order valence-corrected chi connectivity index (χ0v) is 15.8. The molecule has 0 radical (unpaired) electrons. The molecule has 2 aliphatic heterocycles. The number of hydrogen-bond acceptors (Lipinski definition) is 6. The third-order valence-corrected chi connectivity index (χ3v) is 5.46. The number of anilines is 2. The second-order valence-electron chi connectivity index (χ2n) is 7.20. The quantitative estimate of drug-likeness (QED) is 0.855. The normalized spacial score (nSPS) is 17.0. The van der Waals surface area contributed by atoms with Crippen molar-refractivity contribution in [2.24, 2.45) is 5.92 Å². The Morgan fingerprint density at radius 2 is 2.04 bits per heavy atom. The molecule has 1 fully saturated rings. The van der Waals surface area contributed by atoms with E-state index in [1.807, 2.05) is 29.2 Å². The van der Waals surface area contributed by atoms with Gasteiger partial charge in [-0.25, -0.2) is 14.8 Å². The third-order valence-electron chi connectivity index (χ3n) is 5.46. The van der Waals surface area contributed by atoms with Crippen molar-refractivity contribution in [3.8, 4) is 11.3 Å². The number of hydrogen-bond donors (Lipinski definition) is 1. The first kappa shape index (κ1) is 18.2. The van der Waals surface area contributed by atoms with Crippen LogP contribution in [0.1, 0.15) is 18.4 Å². The van der Waals surface area contributed by atoms with Crippen LogP contribution in [0.4, 0.5) is 16.4 Å². The fourth-order valence-electron chi connectivity index (χ4n) is 3.97. The molecule has 0 unspecified atom stereocenters. The molecule has 4 rings (SSSR count). The highest BCUT2D eigenvalue weighted by atomic mass is 16.5. The van der Waals surface area contributed by atoms with Crippen LogP contribution in [-0.2, 0) is 16.0 Å². The van der Waals surface area contributed by atoms with E-state index in [0.29, 0.717) is 25.6 Å². The van der Waals surface area contributed by atoms with Crippen LogP contribution >= 0.6 is 0 Å². The predicted molar refractivity (Wildman–Crippen MR) is 105 cm³/mol. The lowest BCUT2D eigenvalue weighted by Gasteiger charge is -2.34. The van der Waals surface area contributed by atoms with E-state index in [4.69, 9.17) is 10.5 Å². The number of piperidine rings is 1. The fourth-order valence-corrected chi connectivity index (χ4v) is 3.97. The Kier molecular flexibility index (Phi) is 4.85. The van der Waals surface area contributed by atoms with Gasteiger partial charge in [0.05, 0.1) is 24.9 Å². The van der Waals surface area contributed by atoms with E-state index in [1.54, 1.807) is 11.1 Å². The van der Waals surface area contributed by atoms with Gasteiger partial charge in [0.15, 0.2) is 0 Å². The first-order valence-electron chi connectivity index (χ1n) is 9.41. The monoisotopic (exact) mass is 381 g/mol. The Morgan fingerprint density at radius 3 is 2.79 bits per heavy atom. The van der Waals surface area contributed by atoms with Crippen molar-refractivity contribution in [2.75, 3.05) is 37.4 Å². The van der Waals surface area contributed by atoms with Gasteiger partial charge in [-0.15, -0.1) is 0 Å². The highest BCUT2D eigenvalue weighted by molar-refractivity contribution is 6.01. The molecule has 1 aromatic carbocycles. The summed E-state index contributed by atoms with van der Waals surface area (Å²) in [6.07, 6.45) is 3.26. The molecule has 0 saturated carbocycles. The van der Waals surface area contributed by atoms with Crippen molar-refractivity contribution in [1.82, 2.24) is 14.9 Å². The van der Waals surface area contributed by atoms with E-state index in [-0.39, 0.29) is 24.4 Å². The van der Waals surface area contributed by atoms with E-state index in [1.165, 1.54) is 7.11 Å². The first-order chi connectivity index (χ1) is 13.6. The number of benzene rings is 1. The summed E-state index contributed by atoms with van der Waals surface area (Å²) in [5.41, 5.74) is 9.04. The second-order valence-corrected chi connectivity index (χ2v) is 7.20. The van der Waals surface area contributed by atoms with E-state index < -0.39 is 0 Å². The maximum absolute atomic E-state index is 13.1. The molecule has 0 spiro atoms. The van der Waals surface area contributed by atoms with Crippen LogP contribution in [0.2, 0.25) is 0 Å². The number of amides is 2. The largest absolute Gasteiger partial charge is 0.453 e. The minimum Gasteiger partial charge on any atom is -0.453 e. The van der Waals surface area contributed by atoms with Crippen molar-refractivity contribution >= 4 is 23.6 Å². The Balaban J connectivity index is 1.59. The van der Waals surface area contributed by atoms with E-state index in [9.17, 15) is 9.59 Å². The maximum Gasteiger partial charge on any atom is 0.409 e. The van der Waals surface area contributed by atoms with Crippen LogP contribution in [0, 0.1) is 5.92 Å². The number of fused-ring (bicyclic) bond motifs is 3. The molecule has 0 atom stereocenters. The minimum atomic E-state index is -0.291. The SMILES string of the molecule is COC(=O)N1CCC(CN2C(=O)Cc3cnc(N)nc3-c3ccccc32)CC1. The maximum atomic E-state index is 13.1. The summed E-state index contributed by atoms with van der Waals surface area (Å²) in [6, 6.07) is 7.77. The summed E-state index contributed by atoms with van der Waals surface area (Å²) in [6.45, 7) is 1.90. The summed E-state index contributed by atoms with van der Waals surface area (Å²) in [5.74, 6) is 0.537. The molecule has 0 bridgehead atoms. The van der Waals surface area contributed by atoms with Gasteiger partial charge >= 0.3 is 6.09 Å². The van der Waals surface area contributed by atoms with E-state index in [0.717, 1.165) is 35.3 Å². The van der Waals surface area contributed by atoms with E-state index in [2.05, 4.69) is 9.97 Å². The molecule has 8 heteroatoms. The number of carbonyl (C=O) groups is 2. The Labute approximate surface area is 163 Å². The van der Waals surface area contributed by atoms with E-state index >= 15 is 0 Å². The number of ether oxygens (including phenoxy) is 1. The molecule has 146 valence electrons. The van der Waals surface area contributed by atoms with Gasteiger partial charge in [-0.05, 0) is 24.8 Å². The molecule has 2 aromatic rings. The van der Waals surface area contributed by atoms with Crippen LogP contribution in [-0.4, -0.2) is 53.6 Å². The molecule has 2 aliphatic rings. The lowest BCUT2D eigenvalue weighted by molar-refractivity contribution is -0.118. The van der Waals surface area contributed by atoms with Crippen LogP contribution in [0.5, 0.6) is 0 Å². The number of methoxy groups -OCH3 is 1. The van der Waals surface area contributed by atoms with Crippen LogP contribution in [0.25, 0.3) is 11.3 Å². The van der Waals surface area contributed by atoms with Gasteiger partial charge in [-0.3, -0.25) is 4.79 Å². The predicted octanol–water partition coefficient (Wildman–Crippen LogP) is 2.09. The smallest absolute Gasteiger partial charge is 0.409 e. The molecule has 8 nitrogen and oxygen atoms in total. The molecule has 2 N–H and O–H groups in total. The van der Waals surface area contributed by atoms with Crippen molar-refractivity contribution < 1.29 is 14.3 Å². The lowest BCUT2D eigenvalue weighted by Crippen LogP contribution is -2.43. The van der Waals surface area contributed by atoms with Crippen LogP contribution < -0.4 is 10.6 Å². The zero-order chi connectivity index (χ0) is 19.7. The topological polar surface area (TPSA) is 102 Å². The fraction of sp³-hybridized carbons (Fsp3) is 0.400. The van der Waals surface area contributed by atoms with Crippen LogP contribution in [0.15, 0.2) is 30.5 Å². The first-order valence-corrected chi connectivity index (χ1v) is 9.41. The molecular weight excluding hydrogens is 358 g/mol. The number of para-hydroxylation sites is 1. The Bertz CT molecular complexity index is 908. The minimum absolute atomic E-state index is 0.0231. The number of likely N-dealkylation sites (tertiary alicyclic amines) is 1. The Morgan fingerprint density at radius 1 is 1.29 bits per heavy atom. The molecule has 28 heavy (non-hydrogen) atoms. The zero-order valence-electron chi connectivity index (χ0n) is 15.8. The molecule has 1 aromatic heterocycles. The number of aromatic nitrogens is 2. The van der Waals surface area contributed by atoms with Gasteiger partial charge in [-0.2, -0.15) is 0 Å². The molecule has 0 aliphatic carbocycles. The highest BCUT2D eigenvalue weighted by Gasteiger charge is 2.31. The van der Waals surface area contributed by atoms with Gasteiger partial charge in [-0.1, -0.05) is 18.2 Å². The number of nitrogens with zero attached hydrogens (tertiary/aromatic N) is 4. The third kappa shape index (κ3) is 3.37. The van der Waals surface area contributed by atoms with Crippen molar-refractivity contribution in [2.45, 2.75) is 19.3 Å². The van der Waals surface area contributed by atoms with Gasteiger partial charge in [0.25, 0.3) is 0 Å². The average molecular weight is 381 g/mol. The summed E-state index contributed by atoms with van der Waals surface area (Å²) in [7, 11) is 1.40. The van der Waals surface area contributed by atoms with Gasteiger partial charge < -0.3 is 20.3 Å². The Hall–Kier alpha value is -3.16. The summed E-state index contributed by atoms with van der Waals surface area (Å²) in [5, 5.41) is 0. The van der Waals surface area contributed by atoms with Gasteiger partial charge in [0.2, 0.25) is 11.9 Å². The van der Waals surface area contributed by atoms with Gasteiger partial charge in [0.1, 0.15) is 0 Å². The lowest BCUT2D eigenvalue weighted by atomic mass is 9.96. The average Bonchev–Trinajstić information content (AvgIpc) is 2.83. The summed E-state index contributed by atoms with van der Waals surface area (Å²) >= 11 is 0. The molecule has 2 amide bonds. The van der Waals surface area contributed by atoms with Crippen LogP contribution in [0.3, 0.4) is 0 Å². The highest BCUT2D eigenvalue weighted by Crippen LogP contribution is 2.36. The molecule has 3 heterocycles. The van der Waals surface area contributed by atoms with Crippen molar-refractivity contribution in [1.29, 1.82) is 0 Å². The molecular formula is C20H23N5O3. The summed E-state index contributed by atoms with van der Waals surface area (Å²) in [4.78, 5) is 36.8. The number of nitrogens with two attached hydrogens (primary N) is 1. The second kappa shape index (κ2) is 7.46. The molecule has 1 saturated heterocycles. The van der Waals surface area contributed by atoms with Crippen molar-refractivity contribution in [3.05, 3.63) is 36.0 Å². The summed E-state index contributed by atoms with van der Waals surface area (Å²) < 4.78 is 4.80. The number of carbonyl (C=O) groups excluding carboxylic acids is 2. The standard InChI is InChI=1S/C20H23N5O3/c1-28-20(27)24-8-6-13(7-9-24)12-25-16-5-3-2-4-15(16)18-14(10-17(25)26)11-22-19(21)23-18/h2-5,11,13H,6-10,12H2,1H3,(H2,21,22,23).